The summed E-state index contributed by atoms with van der Waals surface area (Å²) < 4.78 is 0. The zero-order valence-electron chi connectivity index (χ0n) is 9.83. The van der Waals surface area contributed by atoms with Crippen LogP contribution in [0.4, 0.5) is 0 Å². The quantitative estimate of drug-likeness (QED) is 0.712. The van der Waals surface area contributed by atoms with Crippen LogP contribution < -0.4 is 5.32 Å². The molecule has 3 heteroatoms. The normalized spacial score (nSPS) is 21.5. The van der Waals surface area contributed by atoms with Gasteiger partial charge in [-0.15, -0.1) is 0 Å². The Morgan fingerprint density at radius 1 is 1.47 bits per heavy atom. The lowest BCUT2D eigenvalue weighted by Gasteiger charge is -2.24. The Morgan fingerprint density at radius 3 is 2.53 bits per heavy atom. The number of hydrogen-bond donors (Lipinski definition) is 2. The Morgan fingerprint density at radius 2 is 2.07 bits per heavy atom. The highest BCUT2D eigenvalue weighted by atomic mass is 16.4. The van der Waals surface area contributed by atoms with Gasteiger partial charge < -0.3 is 10.4 Å². The molecular weight excluding hydrogens is 190 g/mol. The smallest absolute Gasteiger partial charge is 0.320 e. The van der Waals surface area contributed by atoms with E-state index >= 15 is 0 Å². The molecule has 0 radical (unpaired) electrons. The van der Waals surface area contributed by atoms with Gasteiger partial charge in [0, 0.05) is 6.04 Å². The molecule has 2 N–H and O–H groups in total. The first kappa shape index (κ1) is 12.5. The Balaban J connectivity index is 2.38. The first-order valence-electron chi connectivity index (χ1n) is 6.14. The van der Waals surface area contributed by atoms with Crippen molar-refractivity contribution in [2.24, 2.45) is 5.92 Å². The second kappa shape index (κ2) is 6.11. The lowest BCUT2D eigenvalue weighted by atomic mass is 9.98. The Hall–Kier alpha value is -0.570. The highest BCUT2D eigenvalue weighted by Gasteiger charge is 2.25. The molecule has 0 heterocycles. The summed E-state index contributed by atoms with van der Waals surface area (Å²) >= 11 is 0. The summed E-state index contributed by atoms with van der Waals surface area (Å²) in [6, 6.07) is -0.00856. The van der Waals surface area contributed by atoms with E-state index in [4.69, 9.17) is 5.11 Å². The average molecular weight is 213 g/mol. The van der Waals surface area contributed by atoms with Crippen LogP contribution in [-0.2, 0) is 4.79 Å². The van der Waals surface area contributed by atoms with Crippen LogP contribution in [0.15, 0.2) is 0 Å². The van der Waals surface area contributed by atoms with Crippen LogP contribution in [0, 0.1) is 5.92 Å². The third kappa shape index (κ3) is 3.82. The zero-order chi connectivity index (χ0) is 11.3. The van der Waals surface area contributed by atoms with Crippen molar-refractivity contribution in [2.45, 2.75) is 64.5 Å². The molecule has 3 nitrogen and oxygen atoms in total. The van der Waals surface area contributed by atoms with E-state index in [0.717, 1.165) is 12.8 Å². The minimum absolute atomic E-state index is 0.347. The first-order valence-corrected chi connectivity index (χ1v) is 6.14. The number of aliphatic carboxylic acids is 1. The number of nitrogens with one attached hydrogen (secondary N) is 1. The van der Waals surface area contributed by atoms with Crippen LogP contribution in [0.1, 0.15) is 52.4 Å². The van der Waals surface area contributed by atoms with Crippen molar-refractivity contribution >= 4 is 5.97 Å². The summed E-state index contributed by atoms with van der Waals surface area (Å²) in [4.78, 5) is 11.0. The van der Waals surface area contributed by atoms with Crippen molar-refractivity contribution in [3.63, 3.8) is 0 Å². The van der Waals surface area contributed by atoms with Gasteiger partial charge >= 0.3 is 5.97 Å². The van der Waals surface area contributed by atoms with Crippen molar-refractivity contribution in [3.05, 3.63) is 0 Å². The molecule has 0 aromatic carbocycles. The predicted octanol–water partition coefficient (Wildman–Crippen LogP) is 2.41. The lowest BCUT2D eigenvalue weighted by molar-refractivity contribution is -0.140. The number of carboxylic acids is 1. The molecule has 1 aliphatic carbocycles. The summed E-state index contributed by atoms with van der Waals surface area (Å²) in [6.45, 7) is 4.15. The Kier molecular flexibility index (Phi) is 5.09. The fraction of sp³-hybridized carbons (Fsp3) is 0.917. The minimum atomic E-state index is -0.707. The van der Waals surface area contributed by atoms with Gasteiger partial charge in [0.15, 0.2) is 0 Å². The molecule has 0 spiro atoms. The SMILES string of the molecule is CCCC(NC(C)C1CCCC1)C(=O)O. The fourth-order valence-electron chi connectivity index (χ4n) is 2.48. The van der Waals surface area contributed by atoms with Gasteiger partial charge in [0.05, 0.1) is 0 Å². The van der Waals surface area contributed by atoms with E-state index in [1.165, 1.54) is 25.7 Å². The van der Waals surface area contributed by atoms with Gasteiger partial charge in [-0.1, -0.05) is 26.2 Å². The second-order valence-corrected chi connectivity index (χ2v) is 4.68. The standard InChI is InChI=1S/C12H23NO2/c1-3-6-11(12(14)15)13-9(2)10-7-4-5-8-10/h9-11,13H,3-8H2,1-2H3,(H,14,15). The largest absolute Gasteiger partial charge is 0.480 e. The molecule has 2 unspecified atom stereocenters. The van der Waals surface area contributed by atoms with E-state index in [1.54, 1.807) is 0 Å². The van der Waals surface area contributed by atoms with Gasteiger partial charge in [0.25, 0.3) is 0 Å². The molecule has 0 aromatic rings. The van der Waals surface area contributed by atoms with Gasteiger partial charge in [-0.3, -0.25) is 4.79 Å². The topological polar surface area (TPSA) is 49.3 Å². The number of rotatable bonds is 6. The van der Waals surface area contributed by atoms with E-state index in [0.29, 0.717) is 12.0 Å². The summed E-state index contributed by atoms with van der Waals surface area (Å²) in [5.74, 6) is -0.0228. The zero-order valence-corrected chi connectivity index (χ0v) is 9.83. The molecule has 1 fully saturated rings. The summed E-state index contributed by atoms with van der Waals surface area (Å²) in [6.07, 6.45) is 6.78. The van der Waals surface area contributed by atoms with E-state index in [1.807, 2.05) is 6.92 Å². The van der Waals surface area contributed by atoms with Crippen LogP contribution in [0.2, 0.25) is 0 Å². The van der Waals surface area contributed by atoms with Crippen molar-refractivity contribution in [1.82, 2.24) is 5.32 Å². The van der Waals surface area contributed by atoms with Gasteiger partial charge in [-0.2, -0.15) is 0 Å². The third-order valence-corrected chi connectivity index (χ3v) is 3.45. The Bertz CT molecular complexity index is 200. The van der Waals surface area contributed by atoms with E-state index in [-0.39, 0.29) is 6.04 Å². The Labute approximate surface area is 92.3 Å². The molecule has 1 rings (SSSR count). The minimum Gasteiger partial charge on any atom is -0.480 e. The average Bonchev–Trinajstić information content (AvgIpc) is 2.69. The van der Waals surface area contributed by atoms with E-state index < -0.39 is 5.97 Å². The molecule has 1 saturated carbocycles. The molecule has 0 aromatic heterocycles. The van der Waals surface area contributed by atoms with Gasteiger partial charge in [-0.25, -0.2) is 0 Å². The maximum absolute atomic E-state index is 11.0. The molecular formula is C12H23NO2. The lowest BCUT2D eigenvalue weighted by Crippen LogP contribution is -2.44. The fourth-order valence-corrected chi connectivity index (χ4v) is 2.48. The first-order chi connectivity index (χ1) is 7.15. The predicted molar refractivity (Wildman–Crippen MR) is 60.9 cm³/mol. The molecule has 15 heavy (non-hydrogen) atoms. The van der Waals surface area contributed by atoms with Gasteiger partial charge in [0.2, 0.25) is 0 Å². The summed E-state index contributed by atoms with van der Waals surface area (Å²) in [7, 11) is 0. The van der Waals surface area contributed by atoms with Crippen molar-refractivity contribution < 1.29 is 9.90 Å². The van der Waals surface area contributed by atoms with Crippen LogP contribution >= 0.6 is 0 Å². The maximum Gasteiger partial charge on any atom is 0.320 e. The van der Waals surface area contributed by atoms with Crippen LogP contribution in [0.25, 0.3) is 0 Å². The van der Waals surface area contributed by atoms with Crippen LogP contribution in [0.5, 0.6) is 0 Å². The summed E-state index contributed by atoms with van der Waals surface area (Å²) in [5.41, 5.74) is 0. The summed E-state index contributed by atoms with van der Waals surface area (Å²) in [5, 5.41) is 12.3. The van der Waals surface area contributed by atoms with Crippen LogP contribution in [-0.4, -0.2) is 23.2 Å². The molecule has 0 saturated heterocycles. The van der Waals surface area contributed by atoms with E-state index in [2.05, 4.69) is 12.2 Å². The number of carboxylic acid groups (broad SMARTS) is 1. The molecule has 88 valence electrons. The molecule has 0 amide bonds. The van der Waals surface area contributed by atoms with Crippen molar-refractivity contribution in [3.8, 4) is 0 Å². The maximum atomic E-state index is 11.0. The number of carbonyl (C=O) groups is 1. The van der Waals surface area contributed by atoms with E-state index in [9.17, 15) is 4.79 Å². The van der Waals surface area contributed by atoms with Gasteiger partial charge in [-0.05, 0) is 32.1 Å². The monoisotopic (exact) mass is 213 g/mol. The van der Waals surface area contributed by atoms with Crippen molar-refractivity contribution in [1.29, 1.82) is 0 Å². The number of hydrogen-bond acceptors (Lipinski definition) is 2. The molecule has 1 aliphatic rings. The third-order valence-electron chi connectivity index (χ3n) is 3.45. The van der Waals surface area contributed by atoms with Crippen molar-refractivity contribution in [2.75, 3.05) is 0 Å². The highest BCUT2D eigenvalue weighted by molar-refractivity contribution is 5.73. The molecule has 0 bridgehead atoms. The molecule has 0 aliphatic heterocycles. The highest BCUT2D eigenvalue weighted by Crippen LogP contribution is 2.27. The second-order valence-electron chi connectivity index (χ2n) is 4.68. The molecule has 2 atom stereocenters. The van der Waals surface area contributed by atoms with Gasteiger partial charge in [0.1, 0.15) is 6.04 Å². The van der Waals surface area contributed by atoms with Crippen LogP contribution in [0.3, 0.4) is 0 Å².